The molecular weight excluding hydrogens is 532 g/mol. The first-order chi connectivity index (χ1) is 19.2. The van der Waals surface area contributed by atoms with Gasteiger partial charge in [-0.05, 0) is 63.4 Å². The Kier molecular flexibility index (Phi) is 7.87. The van der Waals surface area contributed by atoms with Gasteiger partial charge < -0.3 is 10.2 Å². The fourth-order valence-corrected chi connectivity index (χ4v) is 6.55. The maximum absolute atomic E-state index is 14.2. The molecule has 40 heavy (non-hydrogen) atoms. The van der Waals surface area contributed by atoms with E-state index in [-0.39, 0.29) is 46.8 Å². The smallest absolute Gasteiger partial charge is 0.334 e. The first kappa shape index (κ1) is 27.7. The van der Waals surface area contributed by atoms with Gasteiger partial charge >= 0.3 is 10.2 Å². The number of carbonyl (C=O) groups excluding carboxylic acids is 3. The summed E-state index contributed by atoms with van der Waals surface area (Å²) in [5.41, 5.74) is 0.535. The van der Waals surface area contributed by atoms with Crippen LogP contribution in [-0.2, 0) is 26.3 Å². The van der Waals surface area contributed by atoms with E-state index in [1.807, 2.05) is 6.07 Å². The summed E-state index contributed by atoms with van der Waals surface area (Å²) in [7, 11) is -3.22. The molecule has 0 radical (unpaired) electrons. The summed E-state index contributed by atoms with van der Waals surface area (Å²) in [5.74, 6) is -2.09. The number of piperidine rings is 1. The van der Waals surface area contributed by atoms with Crippen molar-refractivity contribution in [1.29, 1.82) is 5.26 Å². The van der Waals surface area contributed by atoms with E-state index in [1.54, 1.807) is 35.2 Å². The maximum Gasteiger partial charge on any atom is 0.334 e. The van der Waals surface area contributed by atoms with Crippen LogP contribution in [0.2, 0.25) is 0 Å². The molecule has 5 rings (SSSR count). The third-order valence-electron chi connectivity index (χ3n) is 7.70. The summed E-state index contributed by atoms with van der Waals surface area (Å²) in [5, 5.41) is 13.3. The summed E-state index contributed by atoms with van der Waals surface area (Å²) in [4.78, 5) is 45.9. The van der Waals surface area contributed by atoms with E-state index in [4.69, 9.17) is 0 Å². The highest BCUT2D eigenvalue weighted by atomic mass is 32.2. The van der Waals surface area contributed by atoms with E-state index in [1.165, 1.54) is 13.1 Å². The number of anilines is 2. The van der Waals surface area contributed by atoms with Crippen LogP contribution in [0, 0.1) is 23.2 Å². The van der Waals surface area contributed by atoms with Crippen LogP contribution in [0.1, 0.15) is 60.1 Å². The Balaban J connectivity index is 1.66. The lowest BCUT2D eigenvalue weighted by Gasteiger charge is -2.32. The lowest BCUT2D eigenvalue weighted by Crippen LogP contribution is -2.50. The predicted octanol–water partition coefficient (Wildman–Crippen LogP) is 2.38. The second kappa shape index (κ2) is 11.3. The molecule has 0 spiro atoms. The average molecular weight is 565 g/mol. The van der Waals surface area contributed by atoms with Crippen molar-refractivity contribution in [2.24, 2.45) is 11.8 Å². The molecule has 12 heteroatoms. The number of likely N-dealkylation sites (tertiary alicyclic amines) is 1. The van der Waals surface area contributed by atoms with Crippen molar-refractivity contribution in [2.45, 2.75) is 45.1 Å². The molecule has 2 amide bonds. The number of hydrogen-bond acceptors (Lipinski definition) is 8. The maximum atomic E-state index is 14.2. The van der Waals surface area contributed by atoms with Crippen LogP contribution < -0.4 is 13.9 Å². The minimum atomic E-state index is -4.56. The number of benzene rings is 1. The Morgan fingerprint density at radius 3 is 2.42 bits per heavy atom. The first-order valence-electron chi connectivity index (χ1n) is 13.6. The molecule has 210 valence electrons. The van der Waals surface area contributed by atoms with Crippen molar-refractivity contribution in [3.63, 3.8) is 0 Å². The summed E-state index contributed by atoms with van der Waals surface area (Å²) >= 11 is 0. The van der Waals surface area contributed by atoms with E-state index in [0.717, 1.165) is 17.1 Å². The normalized spacial score (nSPS) is 17.9. The minimum absolute atomic E-state index is 0.00468. The molecule has 2 aromatic rings. The van der Waals surface area contributed by atoms with Crippen LogP contribution in [-0.4, -0.2) is 62.6 Å². The molecule has 0 unspecified atom stereocenters. The molecule has 3 heterocycles. The Morgan fingerprint density at radius 2 is 1.82 bits per heavy atom. The summed E-state index contributed by atoms with van der Waals surface area (Å²) < 4.78 is 29.9. The second-order valence-electron chi connectivity index (χ2n) is 10.5. The number of Topliss-reactive ketones (excluding diaryl/α,β-unsaturated/α-hetero) is 1. The highest BCUT2D eigenvalue weighted by Crippen LogP contribution is 2.36. The standard InChI is InChI=1S/C28H32N6O5S/c1-32(22-6-3-2-4-7-22)40(38,39)34(28(37)20-11-13-30-14-12-20)27-21(17-29)16-23(26(36)19-9-10-19)24(31-27)18-33-15-5-8-25(33)35/h2-4,6-7,16,19-20,30H,5,8-15,18H2,1H3. The summed E-state index contributed by atoms with van der Waals surface area (Å²) in [6.07, 6.45) is 3.35. The van der Waals surface area contributed by atoms with Gasteiger partial charge in [-0.25, -0.2) is 4.98 Å². The molecule has 0 atom stereocenters. The number of ketones is 1. The van der Waals surface area contributed by atoms with Crippen molar-refractivity contribution in [3.05, 3.63) is 53.2 Å². The molecule has 1 saturated carbocycles. The Labute approximate surface area is 233 Å². The molecule has 1 aromatic carbocycles. The van der Waals surface area contributed by atoms with Gasteiger partial charge in [0, 0.05) is 37.4 Å². The Morgan fingerprint density at radius 1 is 1.12 bits per heavy atom. The van der Waals surface area contributed by atoms with E-state index >= 15 is 0 Å². The van der Waals surface area contributed by atoms with Gasteiger partial charge in [0.25, 0.3) is 0 Å². The number of rotatable bonds is 9. The molecule has 3 fully saturated rings. The van der Waals surface area contributed by atoms with Crippen LogP contribution in [0.5, 0.6) is 0 Å². The van der Waals surface area contributed by atoms with Gasteiger partial charge in [0.2, 0.25) is 11.8 Å². The number of nitrogens with zero attached hydrogens (tertiary/aromatic N) is 5. The van der Waals surface area contributed by atoms with Crippen molar-refractivity contribution in [2.75, 3.05) is 35.3 Å². The number of nitriles is 1. The van der Waals surface area contributed by atoms with Crippen LogP contribution in [0.25, 0.3) is 0 Å². The largest absolute Gasteiger partial charge is 0.337 e. The molecule has 2 saturated heterocycles. The first-order valence-corrected chi connectivity index (χ1v) is 15.0. The van der Waals surface area contributed by atoms with E-state index in [0.29, 0.717) is 55.3 Å². The van der Waals surface area contributed by atoms with Gasteiger partial charge in [0.15, 0.2) is 11.6 Å². The monoisotopic (exact) mass is 564 g/mol. The van der Waals surface area contributed by atoms with Gasteiger partial charge in [-0.2, -0.15) is 18.0 Å². The number of carbonyl (C=O) groups is 3. The quantitative estimate of drug-likeness (QED) is 0.457. The highest BCUT2D eigenvalue weighted by molar-refractivity contribution is 7.94. The molecular formula is C28H32N6O5S. The molecule has 11 nitrogen and oxygen atoms in total. The fraction of sp³-hybridized carbons (Fsp3) is 0.464. The third kappa shape index (κ3) is 5.44. The zero-order valence-electron chi connectivity index (χ0n) is 22.4. The van der Waals surface area contributed by atoms with Gasteiger partial charge in [0.1, 0.15) is 6.07 Å². The number of pyridine rings is 1. The summed E-state index contributed by atoms with van der Waals surface area (Å²) in [6.45, 7) is 1.58. The average Bonchev–Trinajstić information content (AvgIpc) is 3.75. The van der Waals surface area contributed by atoms with Crippen LogP contribution in [0.3, 0.4) is 0 Å². The lowest BCUT2D eigenvalue weighted by molar-refractivity contribution is -0.128. The fourth-order valence-electron chi connectivity index (χ4n) is 5.18. The molecule has 1 aromatic heterocycles. The third-order valence-corrected chi connectivity index (χ3v) is 9.42. The lowest BCUT2D eigenvalue weighted by atomic mass is 9.97. The number of para-hydroxylation sites is 1. The number of hydrogen-bond donors (Lipinski definition) is 1. The van der Waals surface area contributed by atoms with E-state index in [2.05, 4.69) is 10.3 Å². The zero-order valence-corrected chi connectivity index (χ0v) is 23.2. The van der Waals surface area contributed by atoms with Crippen molar-refractivity contribution in [1.82, 2.24) is 15.2 Å². The molecule has 3 aliphatic rings. The molecule has 1 aliphatic carbocycles. The Bertz CT molecular complexity index is 1460. The SMILES string of the molecule is CN(c1ccccc1)S(=O)(=O)N(C(=O)C1CCNCC1)c1nc(CN2CCCC2=O)c(C(=O)C2CC2)cc1C#N. The zero-order chi connectivity index (χ0) is 28.4. The number of nitrogens with one attached hydrogen (secondary N) is 1. The molecule has 2 aliphatic heterocycles. The van der Waals surface area contributed by atoms with Crippen molar-refractivity contribution in [3.8, 4) is 6.07 Å². The predicted molar refractivity (Wildman–Crippen MR) is 148 cm³/mol. The van der Waals surface area contributed by atoms with Gasteiger partial charge in [-0.15, -0.1) is 0 Å². The van der Waals surface area contributed by atoms with Crippen LogP contribution >= 0.6 is 0 Å². The highest BCUT2D eigenvalue weighted by Gasteiger charge is 2.41. The number of amides is 2. The summed E-state index contributed by atoms with van der Waals surface area (Å²) in [6, 6.07) is 11.7. The van der Waals surface area contributed by atoms with E-state index in [9.17, 15) is 28.1 Å². The van der Waals surface area contributed by atoms with Gasteiger partial charge in [0.05, 0.1) is 23.5 Å². The number of aromatic nitrogens is 1. The van der Waals surface area contributed by atoms with Crippen molar-refractivity contribution >= 4 is 39.3 Å². The molecule has 1 N–H and O–H groups in total. The van der Waals surface area contributed by atoms with Gasteiger partial charge in [-0.1, -0.05) is 18.2 Å². The van der Waals surface area contributed by atoms with E-state index < -0.39 is 22.0 Å². The minimum Gasteiger partial charge on any atom is -0.337 e. The Hall–Kier alpha value is -3.82. The van der Waals surface area contributed by atoms with Gasteiger partial charge in [-0.3, -0.25) is 18.7 Å². The van der Waals surface area contributed by atoms with Crippen LogP contribution in [0.15, 0.2) is 36.4 Å². The molecule has 0 bridgehead atoms. The van der Waals surface area contributed by atoms with Crippen molar-refractivity contribution < 1.29 is 22.8 Å². The topological polar surface area (TPSA) is 144 Å². The van der Waals surface area contributed by atoms with Crippen LogP contribution in [0.4, 0.5) is 11.5 Å². The second-order valence-corrected chi connectivity index (χ2v) is 12.3.